The van der Waals surface area contributed by atoms with Gasteiger partial charge in [-0.05, 0) is 24.6 Å². The molecule has 0 radical (unpaired) electrons. The second-order valence-corrected chi connectivity index (χ2v) is 3.31. The molecule has 2 heterocycles. The van der Waals surface area contributed by atoms with Crippen LogP contribution in [0, 0.1) is 0 Å². The molecule has 64 valence electrons. The maximum Gasteiger partial charge on any atom is 0.266 e. The number of halogens is 1. The van der Waals surface area contributed by atoms with Crippen LogP contribution in [-0.2, 0) is 0 Å². The molecule has 0 bridgehead atoms. The van der Waals surface area contributed by atoms with Crippen LogP contribution in [0.25, 0.3) is 0 Å². The van der Waals surface area contributed by atoms with Gasteiger partial charge in [0.05, 0.1) is 0 Å². The molecule has 4 heteroatoms. The Morgan fingerprint density at radius 2 is 2.33 bits per heavy atom. The van der Waals surface area contributed by atoms with E-state index in [4.69, 9.17) is 11.6 Å². The molecule has 0 unspecified atom stereocenters. The highest BCUT2D eigenvalue weighted by Gasteiger charge is 2.18. The van der Waals surface area contributed by atoms with Gasteiger partial charge in [-0.15, -0.1) is 0 Å². The van der Waals surface area contributed by atoms with E-state index in [2.05, 4.69) is 10.3 Å². The van der Waals surface area contributed by atoms with Gasteiger partial charge >= 0.3 is 0 Å². The zero-order valence-corrected chi connectivity index (χ0v) is 7.19. The first-order valence-corrected chi connectivity index (χ1v) is 4.26. The Kier molecular flexibility index (Phi) is 1.90. The average Bonchev–Trinajstić information content (AvgIpc) is 1.93. The average molecular weight is 185 g/mol. The third kappa shape index (κ3) is 1.26. The summed E-state index contributed by atoms with van der Waals surface area (Å²) in [7, 11) is 0. The Morgan fingerprint density at radius 3 is 2.83 bits per heavy atom. The van der Waals surface area contributed by atoms with Gasteiger partial charge in [-0.2, -0.15) is 0 Å². The lowest BCUT2D eigenvalue weighted by atomic mass is 10.00. The SMILES string of the molecule is O=c1[nH]cc([C@@H]2CCN2)cc1Cl. The smallest absolute Gasteiger partial charge is 0.266 e. The number of aromatic nitrogens is 1. The molecule has 0 aliphatic carbocycles. The number of pyridine rings is 1. The molecule has 1 fully saturated rings. The van der Waals surface area contributed by atoms with Crippen LogP contribution in [0.5, 0.6) is 0 Å². The summed E-state index contributed by atoms with van der Waals surface area (Å²) in [6.45, 7) is 1.04. The highest BCUT2D eigenvalue weighted by Crippen LogP contribution is 2.22. The highest BCUT2D eigenvalue weighted by molar-refractivity contribution is 6.30. The molecule has 0 aromatic carbocycles. The monoisotopic (exact) mass is 184 g/mol. The highest BCUT2D eigenvalue weighted by atomic mass is 35.5. The maximum atomic E-state index is 10.9. The van der Waals surface area contributed by atoms with Gasteiger partial charge in [0.25, 0.3) is 5.56 Å². The molecule has 0 amide bonds. The number of rotatable bonds is 1. The summed E-state index contributed by atoms with van der Waals surface area (Å²) in [5, 5.41) is 3.49. The first-order valence-electron chi connectivity index (χ1n) is 3.89. The maximum absolute atomic E-state index is 10.9. The van der Waals surface area contributed by atoms with Gasteiger partial charge in [0.1, 0.15) is 5.02 Å². The lowest BCUT2D eigenvalue weighted by Gasteiger charge is -2.27. The van der Waals surface area contributed by atoms with E-state index in [0.717, 1.165) is 18.5 Å². The molecule has 0 spiro atoms. The van der Waals surface area contributed by atoms with Gasteiger partial charge in [-0.1, -0.05) is 11.6 Å². The standard InChI is InChI=1S/C8H9ClN2O/c9-6-3-5(4-11-8(6)12)7-1-2-10-7/h3-4,7,10H,1-2H2,(H,11,12)/t7-/m0/s1. The molecule has 0 saturated carbocycles. The van der Waals surface area contributed by atoms with Gasteiger partial charge in [0, 0.05) is 12.2 Å². The second kappa shape index (κ2) is 2.92. The van der Waals surface area contributed by atoms with Crippen molar-refractivity contribution in [2.75, 3.05) is 6.54 Å². The minimum atomic E-state index is -0.222. The summed E-state index contributed by atoms with van der Waals surface area (Å²) in [6.07, 6.45) is 2.83. The van der Waals surface area contributed by atoms with Crippen molar-refractivity contribution < 1.29 is 0 Å². The molecule has 1 aromatic heterocycles. The van der Waals surface area contributed by atoms with E-state index in [0.29, 0.717) is 6.04 Å². The fraction of sp³-hybridized carbons (Fsp3) is 0.375. The van der Waals surface area contributed by atoms with Crippen molar-refractivity contribution in [3.63, 3.8) is 0 Å². The molecular weight excluding hydrogens is 176 g/mol. The minimum absolute atomic E-state index is 0.222. The molecule has 1 aromatic rings. The van der Waals surface area contributed by atoms with Crippen LogP contribution >= 0.6 is 11.6 Å². The van der Waals surface area contributed by atoms with E-state index in [1.807, 2.05) is 0 Å². The largest absolute Gasteiger partial charge is 0.327 e. The van der Waals surface area contributed by atoms with Crippen LogP contribution in [-0.4, -0.2) is 11.5 Å². The van der Waals surface area contributed by atoms with Crippen molar-refractivity contribution in [1.82, 2.24) is 10.3 Å². The lowest BCUT2D eigenvalue weighted by molar-refractivity contribution is 0.382. The van der Waals surface area contributed by atoms with E-state index < -0.39 is 0 Å². The van der Waals surface area contributed by atoms with E-state index in [9.17, 15) is 4.79 Å². The summed E-state index contributed by atoms with van der Waals surface area (Å²) in [5.74, 6) is 0. The third-order valence-electron chi connectivity index (χ3n) is 2.11. The predicted octanol–water partition coefficient (Wildman–Crippen LogP) is 1.06. The Bertz CT molecular complexity index is 343. The van der Waals surface area contributed by atoms with Gasteiger partial charge in [-0.25, -0.2) is 0 Å². The van der Waals surface area contributed by atoms with Crippen LogP contribution in [0.1, 0.15) is 18.0 Å². The van der Waals surface area contributed by atoms with Crippen molar-refractivity contribution in [1.29, 1.82) is 0 Å². The van der Waals surface area contributed by atoms with Crippen molar-refractivity contribution in [3.8, 4) is 0 Å². The molecule has 3 nitrogen and oxygen atoms in total. The molecule has 1 aliphatic rings. The Balaban J connectivity index is 2.33. The zero-order chi connectivity index (χ0) is 8.55. The Labute approximate surface area is 74.8 Å². The summed E-state index contributed by atoms with van der Waals surface area (Å²) >= 11 is 5.67. The lowest BCUT2D eigenvalue weighted by Crippen LogP contribution is -2.35. The Morgan fingerprint density at radius 1 is 1.58 bits per heavy atom. The normalized spacial score (nSPS) is 21.9. The fourth-order valence-electron chi connectivity index (χ4n) is 1.25. The number of hydrogen-bond donors (Lipinski definition) is 2. The quantitative estimate of drug-likeness (QED) is 0.686. The van der Waals surface area contributed by atoms with Gasteiger partial charge in [0.15, 0.2) is 0 Å². The van der Waals surface area contributed by atoms with E-state index in [-0.39, 0.29) is 10.6 Å². The molecule has 1 saturated heterocycles. The van der Waals surface area contributed by atoms with Gasteiger partial charge in [0.2, 0.25) is 0 Å². The summed E-state index contributed by atoms with van der Waals surface area (Å²) in [6, 6.07) is 2.09. The van der Waals surface area contributed by atoms with Crippen LogP contribution in [0.4, 0.5) is 0 Å². The molecule has 2 rings (SSSR count). The molecular formula is C8H9ClN2O. The van der Waals surface area contributed by atoms with Crippen molar-refractivity contribution >= 4 is 11.6 Å². The molecule has 1 aliphatic heterocycles. The van der Waals surface area contributed by atoms with E-state index in [1.54, 1.807) is 12.3 Å². The van der Waals surface area contributed by atoms with Crippen LogP contribution < -0.4 is 10.9 Å². The predicted molar refractivity (Wildman–Crippen MR) is 47.4 cm³/mol. The topological polar surface area (TPSA) is 44.9 Å². The van der Waals surface area contributed by atoms with E-state index >= 15 is 0 Å². The van der Waals surface area contributed by atoms with Crippen molar-refractivity contribution in [2.45, 2.75) is 12.5 Å². The van der Waals surface area contributed by atoms with Crippen molar-refractivity contribution in [2.24, 2.45) is 0 Å². The number of H-pyrrole nitrogens is 1. The summed E-state index contributed by atoms with van der Waals surface area (Å²) < 4.78 is 0. The number of hydrogen-bond acceptors (Lipinski definition) is 2. The second-order valence-electron chi connectivity index (χ2n) is 2.91. The van der Waals surface area contributed by atoms with E-state index in [1.165, 1.54) is 0 Å². The molecule has 2 N–H and O–H groups in total. The first-order chi connectivity index (χ1) is 5.77. The number of aromatic amines is 1. The molecule has 1 atom stereocenters. The third-order valence-corrected chi connectivity index (χ3v) is 2.39. The van der Waals surface area contributed by atoms with Gasteiger partial charge in [-0.3, -0.25) is 4.79 Å². The van der Waals surface area contributed by atoms with Gasteiger partial charge < -0.3 is 10.3 Å². The summed E-state index contributed by atoms with van der Waals surface area (Å²) in [4.78, 5) is 13.5. The molecule has 12 heavy (non-hydrogen) atoms. The Hall–Kier alpha value is -0.800. The van der Waals surface area contributed by atoms with Crippen LogP contribution in [0.15, 0.2) is 17.1 Å². The summed E-state index contributed by atoms with van der Waals surface area (Å²) in [5.41, 5.74) is 0.839. The fourth-order valence-corrected chi connectivity index (χ4v) is 1.43. The van der Waals surface area contributed by atoms with Crippen LogP contribution in [0.3, 0.4) is 0 Å². The zero-order valence-electron chi connectivity index (χ0n) is 6.43. The number of nitrogens with one attached hydrogen (secondary N) is 2. The van der Waals surface area contributed by atoms with Crippen LogP contribution in [0.2, 0.25) is 5.02 Å². The minimum Gasteiger partial charge on any atom is -0.327 e. The first kappa shape index (κ1) is 7.83. The van der Waals surface area contributed by atoms with Crippen molar-refractivity contribution in [3.05, 3.63) is 33.2 Å².